The molecule has 208 valence electrons. The molecule has 0 bridgehead atoms. The number of benzene rings is 1. The summed E-state index contributed by atoms with van der Waals surface area (Å²) in [5.41, 5.74) is 0.720. The van der Waals surface area contributed by atoms with Gasteiger partial charge in [0.2, 0.25) is 5.91 Å². The summed E-state index contributed by atoms with van der Waals surface area (Å²) < 4.78 is 10.3. The van der Waals surface area contributed by atoms with E-state index in [2.05, 4.69) is 15.4 Å². The molecule has 2 fully saturated rings. The number of fused-ring (bicyclic) bond motifs is 1. The van der Waals surface area contributed by atoms with Crippen molar-refractivity contribution in [3.63, 3.8) is 0 Å². The Hall–Kier alpha value is -1.98. The molecule has 0 spiro atoms. The summed E-state index contributed by atoms with van der Waals surface area (Å²) in [4.78, 5) is 43.2. The van der Waals surface area contributed by atoms with Crippen molar-refractivity contribution in [1.29, 1.82) is 0 Å². The Morgan fingerprint density at radius 2 is 1.87 bits per heavy atom. The molecule has 4 rings (SSSR count). The summed E-state index contributed by atoms with van der Waals surface area (Å²) in [5.74, 6) is -1.04. The van der Waals surface area contributed by atoms with Crippen LogP contribution in [0.2, 0.25) is 10.0 Å². The number of esters is 1. The van der Waals surface area contributed by atoms with E-state index in [1.165, 1.54) is 16.7 Å². The highest BCUT2D eigenvalue weighted by Gasteiger charge is 2.64. The van der Waals surface area contributed by atoms with Crippen molar-refractivity contribution in [2.24, 2.45) is 0 Å². The van der Waals surface area contributed by atoms with Crippen molar-refractivity contribution >= 4 is 65.2 Å². The number of carbonyl (C=O) groups is 3. The first-order valence-electron chi connectivity index (χ1n) is 12.1. The van der Waals surface area contributed by atoms with E-state index in [0.717, 1.165) is 13.1 Å². The summed E-state index contributed by atoms with van der Waals surface area (Å²) in [6.07, 6.45) is 0. The number of aromatic nitrogens is 1. The highest BCUT2D eigenvalue weighted by molar-refractivity contribution is 8.01. The molecule has 9 nitrogen and oxygen atoms in total. The molecule has 1 aromatic heterocycles. The monoisotopic (exact) mass is 604 g/mol. The topological polar surface area (TPSA) is 105 Å². The number of aryl methyl sites for hydroxylation is 1. The maximum absolute atomic E-state index is 13.3. The number of likely N-dealkylation sites (N-methyl/N-ethyl adjacent to an activating group) is 1. The zero-order valence-corrected chi connectivity index (χ0v) is 24.9. The molecule has 2 aromatic rings. The average molecular weight is 606 g/mol. The highest BCUT2D eigenvalue weighted by atomic mass is 35.5. The first-order valence-corrected chi connectivity index (χ1v) is 13.8. The van der Waals surface area contributed by atoms with Gasteiger partial charge in [0.05, 0.1) is 10.0 Å². The number of halogens is 3. The van der Waals surface area contributed by atoms with Gasteiger partial charge in [-0.2, -0.15) is 0 Å². The molecule has 2 aliphatic heterocycles. The van der Waals surface area contributed by atoms with Crippen LogP contribution < -0.4 is 5.32 Å². The number of nitrogens with zero attached hydrogens (tertiary/aromatic N) is 3. The van der Waals surface area contributed by atoms with Crippen LogP contribution in [0.4, 0.5) is 0 Å². The molecular weight excluding hydrogens is 575 g/mol. The lowest BCUT2D eigenvalue weighted by Gasteiger charge is -2.43. The fourth-order valence-corrected chi connectivity index (χ4v) is 6.97. The lowest BCUT2D eigenvalue weighted by atomic mass is 9.95. The van der Waals surface area contributed by atoms with Crippen LogP contribution in [0, 0.1) is 6.92 Å². The predicted molar refractivity (Wildman–Crippen MR) is 150 cm³/mol. The molecule has 2 amide bonds. The van der Waals surface area contributed by atoms with Gasteiger partial charge in [-0.15, -0.1) is 24.2 Å². The van der Waals surface area contributed by atoms with E-state index in [1.54, 1.807) is 25.1 Å². The Bertz CT molecular complexity index is 1200. The quantitative estimate of drug-likeness (QED) is 0.331. The molecule has 0 radical (unpaired) electrons. The molecule has 13 heteroatoms. The van der Waals surface area contributed by atoms with Gasteiger partial charge in [0.25, 0.3) is 5.91 Å². The van der Waals surface area contributed by atoms with E-state index in [0.29, 0.717) is 22.2 Å². The van der Waals surface area contributed by atoms with Gasteiger partial charge in [0.1, 0.15) is 41.1 Å². The van der Waals surface area contributed by atoms with Gasteiger partial charge >= 0.3 is 5.97 Å². The van der Waals surface area contributed by atoms with E-state index < -0.39 is 34.1 Å². The molecule has 1 unspecified atom stereocenters. The summed E-state index contributed by atoms with van der Waals surface area (Å²) >= 11 is 14.1. The molecule has 0 aliphatic carbocycles. The first-order chi connectivity index (χ1) is 17.5. The van der Waals surface area contributed by atoms with Crippen LogP contribution >= 0.6 is 47.4 Å². The summed E-state index contributed by atoms with van der Waals surface area (Å²) in [6.45, 7) is 12.1. The second-order valence-corrected chi connectivity index (χ2v) is 12.0. The molecule has 2 saturated heterocycles. The third-order valence-electron chi connectivity index (χ3n) is 6.79. The summed E-state index contributed by atoms with van der Waals surface area (Å²) in [6, 6.07) is 3.41. The molecule has 1 N–H and O–H groups in total. The highest BCUT2D eigenvalue weighted by Crippen LogP contribution is 2.51. The third kappa shape index (κ3) is 5.51. The number of rotatable bonds is 9. The van der Waals surface area contributed by atoms with Crippen LogP contribution in [0.1, 0.15) is 43.8 Å². The smallest absolute Gasteiger partial charge is 0.330 e. The Labute approximate surface area is 242 Å². The van der Waals surface area contributed by atoms with Gasteiger partial charge in [-0.05, 0) is 46.0 Å². The number of thioether (sulfide) groups is 1. The molecule has 38 heavy (non-hydrogen) atoms. The molecule has 0 saturated carbocycles. The maximum atomic E-state index is 13.3. The fraction of sp³-hybridized carbons (Fsp3) is 0.520. The molecule has 1 aromatic carbocycles. The lowest BCUT2D eigenvalue weighted by Crippen LogP contribution is -2.70. The third-order valence-corrected chi connectivity index (χ3v) is 8.99. The van der Waals surface area contributed by atoms with Gasteiger partial charge < -0.3 is 24.4 Å². The Balaban J connectivity index is 0.00000400. The van der Waals surface area contributed by atoms with E-state index in [-0.39, 0.29) is 41.9 Å². The van der Waals surface area contributed by atoms with E-state index >= 15 is 0 Å². The molecule has 3 heterocycles. The average Bonchev–Trinajstić information content (AvgIpc) is 3.34. The standard InChI is InChI=1S/C25H30Cl2N4O5S.ClH/c1-6-30(7-2)11-12-35-24(34)20-25(4,5)37-23-19(22(33)31(20)23)28-21(32)16-13(3)36-29-18(16)17-14(26)9-8-10-15(17)27;/h8-10,19-20,23H,6-7,11-12H2,1-5H3,(H,28,32);1H/t19?,20-,23+;/m0./s1. The van der Waals surface area contributed by atoms with Crippen molar-refractivity contribution in [2.45, 2.75) is 56.8 Å². The predicted octanol–water partition coefficient (Wildman–Crippen LogP) is 4.42. The largest absolute Gasteiger partial charge is 0.463 e. The molecular formula is C25H31Cl3N4O5S. The molecule has 3 atom stereocenters. The first kappa shape index (κ1) is 30.6. The number of ether oxygens (including phenoxy) is 1. The summed E-state index contributed by atoms with van der Waals surface area (Å²) in [7, 11) is 0. The van der Waals surface area contributed by atoms with E-state index in [4.69, 9.17) is 32.5 Å². The van der Waals surface area contributed by atoms with Crippen LogP contribution in [-0.4, -0.2) is 81.2 Å². The van der Waals surface area contributed by atoms with Gasteiger partial charge in [0.15, 0.2) is 0 Å². The Morgan fingerprint density at radius 1 is 1.24 bits per heavy atom. The normalized spacial score (nSPS) is 21.5. The lowest BCUT2D eigenvalue weighted by molar-refractivity contribution is -0.163. The van der Waals surface area contributed by atoms with Gasteiger partial charge in [-0.1, -0.05) is 48.3 Å². The minimum Gasteiger partial charge on any atom is -0.463 e. The van der Waals surface area contributed by atoms with Crippen molar-refractivity contribution in [3.8, 4) is 11.3 Å². The number of hydrogen-bond donors (Lipinski definition) is 1. The zero-order chi connectivity index (χ0) is 27.1. The van der Waals surface area contributed by atoms with Crippen molar-refractivity contribution in [3.05, 3.63) is 39.6 Å². The van der Waals surface area contributed by atoms with Crippen LogP contribution in [-0.2, 0) is 14.3 Å². The van der Waals surface area contributed by atoms with Crippen LogP contribution in [0.15, 0.2) is 22.7 Å². The SMILES string of the molecule is CCN(CC)CCOC(=O)[C@@H]1N2C(=O)C(NC(=O)c3c(-c4c(Cl)cccc4Cl)noc3C)[C@H]2SC1(C)C.Cl. The van der Waals surface area contributed by atoms with Crippen molar-refractivity contribution < 1.29 is 23.6 Å². The fourth-order valence-electron chi connectivity index (χ4n) is 4.77. The number of β-lactam (4-membered cyclic amide) rings is 1. The summed E-state index contributed by atoms with van der Waals surface area (Å²) in [5, 5.41) is 7.04. The van der Waals surface area contributed by atoms with Crippen molar-refractivity contribution in [1.82, 2.24) is 20.3 Å². The van der Waals surface area contributed by atoms with E-state index in [9.17, 15) is 14.4 Å². The van der Waals surface area contributed by atoms with Crippen molar-refractivity contribution in [2.75, 3.05) is 26.2 Å². The number of hydrogen-bond acceptors (Lipinski definition) is 8. The van der Waals surface area contributed by atoms with Gasteiger partial charge in [-0.3, -0.25) is 9.59 Å². The second kappa shape index (κ2) is 12.0. The van der Waals surface area contributed by atoms with Gasteiger partial charge in [-0.25, -0.2) is 4.79 Å². The van der Waals surface area contributed by atoms with Crippen LogP contribution in [0.3, 0.4) is 0 Å². The minimum absolute atomic E-state index is 0. The van der Waals surface area contributed by atoms with Crippen LogP contribution in [0.25, 0.3) is 11.3 Å². The van der Waals surface area contributed by atoms with E-state index in [1.807, 2.05) is 27.7 Å². The second-order valence-electron chi connectivity index (χ2n) is 9.46. The molecule has 2 aliphatic rings. The zero-order valence-electron chi connectivity index (χ0n) is 21.7. The Morgan fingerprint density at radius 3 is 2.47 bits per heavy atom. The van der Waals surface area contributed by atoms with Crippen LogP contribution in [0.5, 0.6) is 0 Å². The number of nitrogens with one attached hydrogen (secondary N) is 1. The minimum atomic E-state index is -0.811. The maximum Gasteiger partial charge on any atom is 0.330 e. The van der Waals surface area contributed by atoms with Gasteiger partial charge in [0, 0.05) is 16.9 Å². The number of carbonyl (C=O) groups excluding carboxylic acids is 3. The number of amides is 2. The Kier molecular flexibility index (Phi) is 9.68.